The Kier molecular flexibility index (Phi) is 14.5. The zero-order chi connectivity index (χ0) is 16.7. The van der Waals surface area contributed by atoms with Gasteiger partial charge in [-0.1, -0.05) is 29.9 Å². The van der Waals surface area contributed by atoms with Crippen molar-refractivity contribution in [3.63, 3.8) is 0 Å². The number of rotatable bonds is 4. The van der Waals surface area contributed by atoms with Crippen molar-refractivity contribution in [2.45, 2.75) is 20.8 Å². The average molecular weight is 294 g/mol. The maximum Gasteiger partial charge on any atom is 0.339 e. The quantitative estimate of drug-likeness (QED) is 0.849. The van der Waals surface area contributed by atoms with Crippen molar-refractivity contribution < 1.29 is 19.4 Å². The normalized spacial score (nSPS) is 9.00. The molecule has 1 rings (SSSR count). The van der Waals surface area contributed by atoms with E-state index in [-0.39, 0.29) is 5.56 Å². The maximum atomic E-state index is 10.7. The van der Waals surface area contributed by atoms with Gasteiger partial charge in [-0.05, 0) is 32.9 Å². The molecule has 1 N–H and O–H groups in total. The molecule has 0 heterocycles. The van der Waals surface area contributed by atoms with E-state index in [0.29, 0.717) is 12.4 Å². The van der Waals surface area contributed by atoms with E-state index >= 15 is 0 Å². The number of aromatic carboxylic acids is 1. The number of allylic oxidation sites excluding steroid dienone is 2. The molecule has 0 radical (unpaired) electrons. The van der Waals surface area contributed by atoms with Crippen molar-refractivity contribution in [1.82, 2.24) is 0 Å². The number of carboxylic acids is 1. The SMILES string of the molecule is C/C=C/C.C=CCOC.COc1ccc(C)cc1C(=O)O. The summed E-state index contributed by atoms with van der Waals surface area (Å²) in [5.41, 5.74) is 1.12. The summed E-state index contributed by atoms with van der Waals surface area (Å²) in [5.74, 6) is -0.566. The smallest absolute Gasteiger partial charge is 0.339 e. The first kappa shape index (κ1) is 21.2. The highest BCUT2D eigenvalue weighted by molar-refractivity contribution is 5.91. The fourth-order valence-corrected chi connectivity index (χ4v) is 1.11. The van der Waals surface area contributed by atoms with Crippen molar-refractivity contribution in [2.24, 2.45) is 0 Å². The molecule has 0 aromatic heterocycles. The van der Waals surface area contributed by atoms with Gasteiger partial charge >= 0.3 is 5.97 Å². The number of methoxy groups -OCH3 is 2. The Hall–Kier alpha value is -2.07. The molecule has 0 atom stereocenters. The molecule has 0 amide bonds. The first-order valence-corrected chi connectivity index (χ1v) is 6.53. The summed E-state index contributed by atoms with van der Waals surface area (Å²) in [5, 5.41) is 8.74. The lowest BCUT2D eigenvalue weighted by molar-refractivity contribution is 0.0693. The van der Waals surface area contributed by atoms with E-state index in [1.54, 1.807) is 25.3 Å². The van der Waals surface area contributed by atoms with Crippen LogP contribution in [0.2, 0.25) is 0 Å². The highest BCUT2D eigenvalue weighted by Crippen LogP contribution is 2.18. The van der Waals surface area contributed by atoms with E-state index in [4.69, 9.17) is 9.84 Å². The van der Waals surface area contributed by atoms with Crippen LogP contribution in [0.4, 0.5) is 0 Å². The molecule has 0 saturated carbocycles. The van der Waals surface area contributed by atoms with Gasteiger partial charge in [-0.3, -0.25) is 0 Å². The van der Waals surface area contributed by atoms with Gasteiger partial charge in [0.1, 0.15) is 11.3 Å². The molecule has 0 unspecified atom stereocenters. The highest BCUT2D eigenvalue weighted by Gasteiger charge is 2.09. The number of aryl methyl sites for hydroxylation is 1. The predicted molar refractivity (Wildman–Crippen MR) is 87.3 cm³/mol. The van der Waals surface area contributed by atoms with Crippen LogP contribution in [-0.2, 0) is 4.74 Å². The Morgan fingerprint density at radius 3 is 2.14 bits per heavy atom. The number of benzene rings is 1. The van der Waals surface area contributed by atoms with Gasteiger partial charge in [0.2, 0.25) is 0 Å². The standard InChI is InChI=1S/C9H10O3.C4H8O.C4H8/c1-6-3-4-8(12-2)7(5-6)9(10)11;1-3-4-5-2;1-3-4-2/h3-5H,1-2H3,(H,10,11);3H,1,4H2,2H3;3-4H,1-2H3/b;;4-3+. The van der Waals surface area contributed by atoms with Crippen LogP contribution in [0.5, 0.6) is 5.75 Å². The number of ether oxygens (including phenoxy) is 2. The Bertz CT molecular complexity index is 432. The van der Waals surface area contributed by atoms with E-state index in [2.05, 4.69) is 11.3 Å². The predicted octanol–water partition coefficient (Wildman–Crippen LogP) is 4.10. The second-order valence-corrected chi connectivity index (χ2v) is 3.92. The Morgan fingerprint density at radius 1 is 1.29 bits per heavy atom. The van der Waals surface area contributed by atoms with Gasteiger partial charge < -0.3 is 14.6 Å². The Morgan fingerprint density at radius 2 is 1.86 bits per heavy atom. The summed E-state index contributed by atoms with van der Waals surface area (Å²) in [7, 11) is 3.10. The lowest BCUT2D eigenvalue weighted by Gasteiger charge is -2.04. The van der Waals surface area contributed by atoms with E-state index < -0.39 is 5.97 Å². The molecule has 0 saturated heterocycles. The zero-order valence-electron chi connectivity index (χ0n) is 13.6. The summed E-state index contributed by atoms with van der Waals surface area (Å²) < 4.78 is 9.45. The van der Waals surface area contributed by atoms with Crippen molar-refractivity contribution in [1.29, 1.82) is 0 Å². The van der Waals surface area contributed by atoms with Crippen LogP contribution in [0.3, 0.4) is 0 Å². The van der Waals surface area contributed by atoms with Gasteiger partial charge in [0.15, 0.2) is 0 Å². The van der Waals surface area contributed by atoms with E-state index in [9.17, 15) is 4.79 Å². The van der Waals surface area contributed by atoms with Gasteiger partial charge in [-0.25, -0.2) is 4.79 Å². The lowest BCUT2D eigenvalue weighted by atomic mass is 10.1. The molecule has 0 bridgehead atoms. The molecule has 1 aromatic carbocycles. The molecular formula is C17H26O4. The van der Waals surface area contributed by atoms with Crippen molar-refractivity contribution >= 4 is 5.97 Å². The monoisotopic (exact) mass is 294 g/mol. The third-order valence-corrected chi connectivity index (χ3v) is 2.20. The maximum absolute atomic E-state index is 10.7. The van der Waals surface area contributed by atoms with Crippen molar-refractivity contribution in [2.75, 3.05) is 20.8 Å². The van der Waals surface area contributed by atoms with Crippen molar-refractivity contribution in [3.05, 3.63) is 54.1 Å². The van der Waals surface area contributed by atoms with Crippen LogP contribution in [0.15, 0.2) is 43.0 Å². The second kappa shape index (κ2) is 14.3. The van der Waals surface area contributed by atoms with Crippen LogP contribution < -0.4 is 4.74 Å². The average Bonchev–Trinajstić information content (AvgIpc) is 2.49. The number of carboxylic acid groups (broad SMARTS) is 1. The topological polar surface area (TPSA) is 55.8 Å². The minimum Gasteiger partial charge on any atom is -0.496 e. The largest absolute Gasteiger partial charge is 0.496 e. The van der Waals surface area contributed by atoms with E-state index in [0.717, 1.165) is 5.56 Å². The number of carbonyl (C=O) groups is 1. The second-order valence-electron chi connectivity index (χ2n) is 3.92. The molecule has 0 aliphatic carbocycles. The van der Waals surface area contributed by atoms with Crippen LogP contribution in [0.1, 0.15) is 29.8 Å². The van der Waals surface area contributed by atoms with Crippen molar-refractivity contribution in [3.8, 4) is 5.75 Å². The lowest BCUT2D eigenvalue weighted by Crippen LogP contribution is -2.00. The molecule has 4 nitrogen and oxygen atoms in total. The summed E-state index contributed by atoms with van der Waals surface area (Å²) in [6.07, 6.45) is 5.71. The van der Waals surface area contributed by atoms with Gasteiger partial charge in [0.25, 0.3) is 0 Å². The molecule has 21 heavy (non-hydrogen) atoms. The Balaban J connectivity index is 0. The summed E-state index contributed by atoms with van der Waals surface area (Å²) >= 11 is 0. The zero-order valence-corrected chi connectivity index (χ0v) is 13.6. The summed E-state index contributed by atoms with van der Waals surface area (Å²) in [4.78, 5) is 10.7. The van der Waals surface area contributed by atoms with Crippen LogP contribution in [0, 0.1) is 6.92 Å². The van der Waals surface area contributed by atoms with E-state index in [1.165, 1.54) is 7.11 Å². The van der Waals surface area contributed by atoms with Gasteiger partial charge in [-0.15, -0.1) is 6.58 Å². The first-order valence-electron chi connectivity index (χ1n) is 6.53. The number of hydrogen-bond donors (Lipinski definition) is 1. The molecule has 0 aliphatic heterocycles. The van der Waals surface area contributed by atoms with Crippen LogP contribution >= 0.6 is 0 Å². The van der Waals surface area contributed by atoms with E-state index in [1.807, 2.05) is 39.0 Å². The van der Waals surface area contributed by atoms with Gasteiger partial charge in [0, 0.05) is 7.11 Å². The summed E-state index contributed by atoms with van der Waals surface area (Å²) in [6.45, 7) is 9.92. The van der Waals surface area contributed by atoms with Gasteiger partial charge in [-0.2, -0.15) is 0 Å². The molecule has 4 heteroatoms. The molecule has 0 spiro atoms. The van der Waals surface area contributed by atoms with Crippen LogP contribution in [0.25, 0.3) is 0 Å². The molecule has 0 aliphatic rings. The third-order valence-electron chi connectivity index (χ3n) is 2.20. The fraction of sp³-hybridized carbons (Fsp3) is 0.353. The first-order chi connectivity index (χ1) is 9.98. The highest BCUT2D eigenvalue weighted by atomic mass is 16.5. The minimum atomic E-state index is -0.962. The van der Waals surface area contributed by atoms with Crippen LogP contribution in [-0.4, -0.2) is 31.9 Å². The fourth-order valence-electron chi connectivity index (χ4n) is 1.11. The molecule has 1 aromatic rings. The molecular weight excluding hydrogens is 268 g/mol. The van der Waals surface area contributed by atoms with Gasteiger partial charge in [0.05, 0.1) is 13.7 Å². The summed E-state index contributed by atoms with van der Waals surface area (Å²) in [6, 6.07) is 5.05. The molecule has 0 fully saturated rings. The molecule has 118 valence electrons. The number of hydrogen-bond acceptors (Lipinski definition) is 3. The minimum absolute atomic E-state index is 0.206. The Labute approximate surface area is 127 Å². The third kappa shape index (κ3) is 11.5.